The van der Waals surface area contributed by atoms with E-state index < -0.39 is 0 Å². The number of imidazole rings is 1. The molecule has 0 fully saturated rings. The summed E-state index contributed by atoms with van der Waals surface area (Å²) in [6, 6.07) is 5.09. The summed E-state index contributed by atoms with van der Waals surface area (Å²) in [6.07, 6.45) is 2.76. The second-order valence-electron chi connectivity index (χ2n) is 4.32. The molecule has 1 aromatic heterocycles. The van der Waals surface area contributed by atoms with Crippen molar-refractivity contribution in [1.29, 1.82) is 0 Å². The summed E-state index contributed by atoms with van der Waals surface area (Å²) in [5.41, 5.74) is 3.72. The van der Waals surface area contributed by atoms with Crippen LogP contribution in [0.1, 0.15) is 33.0 Å². The van der Waals surface area contributed by atoms with Crippen LogP contribution in [0, 0.1) is 0 Å². The van der Waals surface area contributed by atoms with Crippen LogP contribution in [0.25, 0.3) is 16.6 Å². The number of nitrogens with one attached hydrogen (secondary N) is 1. The number of H-pyrrole nitrogens is 1. The molecule has 0 bridgehead atoms. The van der Waals surface area contributed by atoms with Crippen LogP contribution in [0.3, 0.4) is 0 Å². The predicted molar refractivity (Wildman–Crippen MR) is 74.8 cm³/mol. The molecule has 0 saturated heterocycles. The minimum Gasteiger partial charge on any atom is -0.508 e. The van der Waals surface area contributed by atoms with Crippen LogP contribution in [0.15, 0.2) is 29.4 Å². The summed E-state index contributed by atoms with van der Waals surface area (Å²) in [5, 5.41) is 9.40. The fourth-order valence-electron chi connectivity index (χ4n) is 1.54. The van der Waals surface area contributed by atoms with Crippen molar-refractivity contribution in [2.75, 3.05) is 0 Å². The molecule has 18 heavy (non-hydrogen) atoms. The smallest absolute Gasteiger partial charge is 0.135 e. The number of hydrogen-bond donors (Lipinski definition) is 2. The number of benzene rings is 1. The Bertz CT molecular complexity index is 623. The van der Waals surface area contributed by atoms with E-state index in [1.807, 2.05) is 20.0 Å². The lowest BCUT2D eigenvalue weighted by molar-refractivity contribution is 0.476. The van der Waals surface area contributed by atoms with E-state index in [2.05, 4.69) is 21.9 Å². The highest BCUT2D eigenvalue weighted by Crippen LogP contribution is 2.20. The van der Waals surface area contributed by atoms with E-state index in [-0.39, 0.29) is 5.75 Å². The summed E-state index contributed by atoms with van der Waals surface area (Å²) in [7, 11) is 0. The number of nitrogens with zero attached hydrogens (tertiary/aromatic N) is 2. The average Bonchev–Trinajstić information content (AvgIpc) is 2.78. The predicted octanol–water partition coefficient (Wildman–Crippen LogP) is 3.50. The maximum Gasteiger partial charge on any atom is 0.135 e. The molecule has 0 radical (unpaired) electrons. The van der Waals surface area contributed by atoms with Gasteiger partial charge in [0.1, 0.15) is 11.6 Å². The first-order chi connectivity index (χ1) is 8.60. The Morgan fingerprint density at radius 2 is 2.22 bits per heavy atom. The molecule has 1 heterocycles. The molecule has 2 N–H and O–H groups in total. The molecule has 2 aromatic rings. The van der Waals surface area contributed by atoms with Crippen molar-refractivity contribution in [2.45, 2.75) is 27.2 Å². The molecule has 2 rings (SSSR count). The monoisotopic (exact) mass is 243 g/mol. The molecule has 0 atom stereocenters. The number of rotatable bonds is 3. The van der Waals surface area contributed by atoms with Gasteiger partial charge in [-0.1, -0.05) is 6.92 Å². The van der Waals surface area contributed by atoms with Gasteiger partial charge in [0.15, 0.2) is 0 Å². The molecular formula is C14H17N3O. The molecule has 0 aliphatic rings. The van der Waals surface area contributed by atoms with Crippen LogP contribution < -0.4 is 0 Å². The lowest BCUT2D eigenvalue weighted by Gasteiger charge is -1.94. The Morgan fingerprint density at radius 3 is 2.94 bits per heavy atom. The average molecular weight is 243 g/mol. The van der Waals surface area contributed by atoms with E-state index >= 15 is 0 Å². The van der Waals surface area contributed by atoms with Gasteiger partial charge in [-0.15, -0.1) is 0 Å². The maximum absolute atomic E-state index is 9.40. The van der Waals surface area contributed by atoms with Gasteiger partial charge in [0.05, 0.1) is 11.0 Å². The fraction of sp³-hybridized carbons (Fsp3) is 0.286. The zero-order valence-corrected chi connectivity index (χ0v) is 10.9. The standard InChI is InChI=1S/C14H17N3O/c1-4-10(3)15-8-9(2)14-16-12-6-5-11(18)7-13(12)17-14/h5-8,18H,4H2,1-3H3,(H,16,17)/b9-8+,15-10?. The molecule has 0 saturated carbocycles. The minimum atomic E-state index is 0.235. The summed E-state index contributed by atoms with van der Waals surface area (Å²) in [6.45, 7) is 6.04. The van der Waals surface area contributed by atoms with Gasteiger partial charge in [-0.25, -0.2) is 4.98 Å². The lowest BCUT2D eigenvalue weighted by Crippen LogP contribution is -1.86. The van der Waals surface area contributed by atoms with Gasteiger partial charge in [0.25, 0.3) is 0 Å². The highest BCUT2D eigenvalue weighted by atomic mass is 16.3. The van der Waals surface area contributed by atoms with Crippen LogP contribution in [0.4, 0.5) is 0 Å². The number of phenols is 1. The SMILES string of the molecule is CCC(C)=N/C=C(\C)c1nc2ccc(O)cc2[nH]1. The number of aromatic nitrogens is 2. The number of hydrogen-bond acceptors (Lipinski definition) is 3. The van der Waals surface area contributed by atoms with E-state index in [1.54, 1.807) is 18.2 Å². The van der Waals surface area contributed by atoms with Crippen LogP contribution in [0.2, 0.25) is 0 Å². The highest BCUT2D eigenvalue weighted by molar-refractivity contribution is 5.83. The molecule has 0 spiro atoms. The van der Waals surface area contributed by atoms with Gasteiger partial charge in [0, 0.05) is 23.6 Å². The summed E-state index contributed by atoms with van der Waals surface area (Å²) >= 11 is 0. The van der Waals surface area contributed by atoms with Gasteiger partial charge in [-0.2, -0.15) is 0 Å². The second kappa shape index (κ2) is 5.04. The molecule has 4 nitrogen and oxygen atoms in total. The Kier molecular flexibility index (Phi) is 3.46. The number of aromatic hydroxyl groups is 1. The topological polar surface area (TPSA) is 61.3 Å². The Hall–Kier alpha value is -2.10. The molecule has 4 heteroatoms. The summed E-state index contributed by atoms with van der Waals surface area (Å²) in [5.74, 6) is 1.02. The van der Waals surface area contributed by atoms with Crippen molar-refractivity contribution in [3.05, 3.63) is 30.2 Å². The van der Waals surface area contributed by atoms with Gasteiger partial charge in [-0.3, -0.25) is 4.99 Å². The lowest BCUT2D eigenvalue weighted by atomic mass is 10.3. The molecule has 94 valence electrons. The van der Waals surface area contributed by atoms with E-state index in [1.165, 1.54) is 0 Å². The highest BCUT2D eigenvalue weighted by Gasteiger charge is 2.04. The maximum atomic E-state index is 9.40. The Labute approximate surface area is 106 Å². The van der Waals surface area contributed by atoms with Crippen molar-refractivity contribution in [3.8, 4) is 5.75 Å². The van der Waals surface area contributed by atoms with Gasteiger partial charge in [-0.05, 0) is 32.4 Å². The third-order valence-electron chi connectivity index (χ3n) is 2.83. The largest absolute Gasteiger partial charge is 0.508 e. The van der Waals surface area contributed by atoms with Crippen LogP contribution in [-0.2, 0) is 0 Å². The van der Waals surface area contributed by atoms with E-state index in [0.29, 0.717) is 0 Å². The van der Waals surface area contributed by atoms with E-state index in [0.717, 1.165) is 34.6 Å². The first-order valence-corrected chi connectivity index (χ1v) is 5.99. The number of phenolic OH excluding ortho intramolecular Hbond substituents is 1. The molecule has 0 aliphatic heterocycles. The van der Waals surface area contributed by atoms with Crippen molar-refractivity contribution in [3.63, 3.8) is 0 Å². The minimum absolute atomic E-state index is 0.235. The number of aliphatic imine (C=N–C) groups is 1. The molecule has 0 aliphatic carbocycles. The van der Waals surface area contributed by atoms with Gasteiger partial charge >= 0.3 is 0 Å². The third-order valence-corrected chi connectivity index (χ3v) is 2.83. The third kappa shape index (κ3) is 2.59. The normalized spacial score (nSPS) is 13.3. The fourth-order valence-corrected chi connectivity index (χ4v) is 1.54. The first-order valence-electron chi connectivity index (χ1n) is 5.99. The van der Waals surface area contributed by atoms with Gasteiger partial charge in [0.2, 0.25) is 0 Å². The summed E-state index contributed by atoms with van der Waals surface area (Å²) < 4.78 is 0. The van der Waals surface area contributed by atoms with Crippen LogP contribution in [-0.4, -0.2) is 20.8 Å². The van der Waals surface area contributed by atoms with Crippen molar-refractivity contribution in [1.82, 2.24) is 9.97 Å². The second-order valence-corrected chi connectivity index (χ2v) is 4.32. The first kappa shape index (κ1) is 12.4. The van der Waals surface area contributed by atoms with Crippen molar-refractivity contribution >= 4 is 22.3 Å². The van der Waals surface area contributed by atoms with Crippen molar-refractivity contribution in [2.24, 2.45) is 4.99 Å². The van der Waals surface area contributed by atoms with E-state index in [9.17, 15) is 5.11 Å². The molecule has 0 unspecified atom stereocenters. The quantitative estimate of drug-likeness (QED) is 0.810. The number of aromatic amines is 1. The zero-order chi connectivity index (χ0) is 13.1. The number of fused-ring (bicyclic) bond motifs is 1. The van der Waals surface area contributed by atoms with E-state index in [4.69, 9.17) is 0 Å². The Balaban J connectivity index is 2.36. The Morgan fingerprint density at radius 1 is 1.44 bits per heavy atom. The molecular weight excluding hydrogens is 226 g/mol. The van der Waals surface area contributed by atoms with Crippen molar-refractivity contribution < 1.29 is 5.11 Å². The molecule has 0 amide bonds. The molecule has 1 aromatic carbocycles. The van der Waals surface area contributed by atoms with Gasteiger partial charge < -0.3 is 10.1 Å². The summed E-state index contributed by atoms with van der Waals surface area (Å²) in [4.78, 5) is 12.0. The van der Waals surface area contributed by atoms with Crippen LogP contribution in [0.5, 0.6) is 5.75 Å². The van der Waals surface area contributed by atoms with Crippen LogP contribution >= 0.6 is 0 Å². The number of allylic oxidation sites excluding steroid dienone is 1. The zero-order valence-electron chi connectivity index (χ0n) is 10.9.